The van der Waals surface area contributed by atoms with E-state index in [2.05, 4.69) is 11.9 Å². The second-order valence-corrected chi connectivity index (χ2v) is 5.79. The zero-order chi connectivity index (χ0) is 16.3. The number of carbonyl (C=O) groups excluding carboxylic acids is 2. The second-order valence-electron chi connectivity index (χ2n) is 5.79. The predicted molar refractivity (Wildman–Crippen MR) is 84.1 cm³/mol. The monoisotopic (exact) mass is 316 g/mol. The largest absolute Gasteiger partial charge is 0.467 e. The van der Waals surface area contributed by atoms with E-state index >= 15 is 0 Å². The molecular formula is C17H20N2O4. The molecule has 0 bridgehead atoms. The van der Waals surface area contributed by atoms with Crippen molar-refractivity contribution < 1.29 is 19.1 Å². The van der Waals surface area contributed by atoms with Crippen molar-refractivity contribution in [2.45, 2.75) is 18.6 Å². The number of piperidine rings is 1. The van der Waals surface area contributed by atoms with Gasteiger partial charge in [-0.05, 0) is 12.1 Å². The number of nitrogens with zero attached hydrogens (tertiary/aromatic N) is 1. The third-order valence-corrected chi connectivity index (χ3v) is 4.16. The number of hydrogen-bond donors (Lipinski definition) is 1. The summed E-state index contributed by atoms with van der Waals surface area (Å²) in [5, 5.41) is 2.98. The first kappa shape index (κ1) is 15.6. The molecule has 3 rings (SSSR count). The molecule has 1 saturated heterocycles. The van der Waals surface area contributed by atoms with Crippen LogP contribution in [-0.2, 0) is 9.53 Å². The van der Waals surface area contributed by atoms with E-state index < -0.39 is 5.72 Å². The first-order valence-corrected chi connectivity index (χ1v) is 7.71. The van der Waals surface area contributed by atoms with Gasteiger partial charge < -0.3 is 14.8 Å². The molecule has 0 radical (unpaired) electrons. The Bertz CT molecular complexity index is 621. The van der Waals surface area contributed by atoms with Gasteiger partial charge in [-0.3, -0.25) is 14.5 Å². The number of amides is 1. The Kier molecular flexibility index (Phi) is 4.34. The van der Waals surface area contributed by atoms with Crippen molar-refractivity contribution in [2.24, 2.45) is 0 Å². The van der Waals surface area contributed by atoms with Gasteiger partial charge in [0, 0.05) is 25.9 Å². The Labute approximate surface area is 135 Å². The normalized spacial score (nSPS) is 19.4. The van der Waals surface area contributed by atoms with Crippen LogP contribution in [0.2, 0.25) is 0 Å². The van der Waals surface area contributed by atoms with E-state index in [0.717, 1.165) is 0 Å². The van der Waals surface area contributed by atoms with Crippen LogP contribution in [0.15, 0.2) is 36.9 Å². The molecule has 0 aromatic heterocycles. The third kappa shape index (κ3) is 3.37. The molecule has 2 aliphatic heterocycles. The minimum absolute atomic E-state index is 0.106. The molecule has 1 spiro atoms. The number of nitrogens with one attached hydrogen (secondary N) is 1. The summed E-state index contributed by atoms with van der Waals surface area (Å²) in [5.74, 6) is 0.251. The van der Waals surface area contributed by atoms with Gasteiger partial charge in [-0.2, -0.15) is 0 Å². The van der Waals surface area contributed by atoms with Gasteiger partial charge >= 0.3 is 5.97 Å². The first-order valence-electron chi connectivity index (χ1n) is 7.71. The third-order valence-electron chi connectivity index (χ3n) is 4.16. The average molecular weight is 316 g/mol. The van der Waals surface area contributed by atoms with E-state index in [4.69, 9.17) is 9.47 Å². The molecule has 23 heavy (non-hydrogen) atoms. The van der Waals surface area contributed by atoms with Crippen LogP contribution < -0.4 is 10.1 Å². The van der Waals surface area contributed by atoms with Crippen LogP contribution in [0.1, 0.15) is 23.2 Å². The van der Waals surface area contributed by atoms with Gasteiger partial charge in [0.05, 0.1) is 12.1 Å². The van der Waals surface area contributed by atoms with Gasteiger partial charge in [-0.1, -0.05) is 24.8 Å². The number of fused-ring (bicyclic) bond motifs is 1. The molecule has 6 heteroatoms. The summed E-state index contributed by atoms with van der Waals surface area (Å²) in [4.78, 5) is 25.9. The average Bonchev–Trinajstić information content (AvgIpc) is 2.55. The Morgan fingerprint density at radius 3 is 2.87 bits per heavy atom. The van der Waals surface area contributed by atoms with Crippen LogP contribution in [0, 0.1) is 0 Å². The molecule has 0 aliphatic carbocycles. The summed E-state index contributed by atoms with van der Waals surface area (Å²) < 4.78 is 11.1. The number of para-hydroxylation sites is 1. The molecule has 0 unspecified atom stereocenters. The first-order chi connectivity index (χ1) is 11.1. The Hall–Kier alpha value is -2.34. The van der Waals surface area contributed by atoms with Crippen molar-refractivity contribution in [3.8, 4) is 5.75 Å². The zero-order valence-electron chi connectivity index (χ0n) is 12.9. The van der Waals surface area contributed by atoms with Gasteiger partial charge in [0.15, 0.2) is 5.72 Å². The highest BCUT2D eigenvalue weighted by Crippen LogP contribution is 2.33. The maximum Gasteiger partial charge on any atom is 0.320 e. The topological polar surface area (TPSA) is 67.9 Å². The van der Waals surface area contributed by atoms with Crippen molar-refractivity contribution in [3.05, 3.63) is 42.5 Å². The second kappa shape index (κ2) is 6.42. The van der Waals surface area contributed by atoms with Crippen LogP contribution in [0.4, 0.5) is 0 Å². The Morgan fingerprint density at radius 2 is 2.13 bits per heavy atom. The molecule has 2 aliphatic rings. The summed E-state index contributed by atoms with van der Waals surface area (Å²) in [6.07, 6.45) is 2.80. The van der Waals surface area contributed by atoms with Crippen LogP contribution in [0.5, 0.6) is 5.75 Å². The van der Waals surface area contributed by atoms with Crippen LogP contribution >= 0.6 is 0 Å². The lowest BCUT2D eigenvalue weighted by molar-refractivity contribution is -0.144. The van der Waals surface area contributed by atoms with Gasteiger partial charge in [0.2, 0.25) is 0 Å². The Balaban J connectivity index is 1.60. The molecular weight excluding hydrogens is 296 g/mol. The number of esters is 1. The predicted octanol–water partition coefficient (Wildman–Crippen LogP) is 1.33. The van der Waals surface area contributed by atoms with E-state index in [1.807, 2.05) is 23.1 Å². The van der Waals surface area contributed by atoms with Gasteiger partial charge in [-0.15, -0.1) is 0 Å². The molecule has 0 saturated carbocycles. The van der Waals surface area contributed by atoms with Crippen molar-refractivity contribution in [3.63, 3.8) is 0 Å². The van der Waals surface area contributed by atoms with Crippen molar-refractivity contribution in [2.75, 3.05) is 26.2 Å². The fourth-order valence-electron chi connectivity index (χ4n) is 2.93. The summed E-state index contributed by atoms with van der Waals surface area (Å²) in [7, 11) is 0. The van der Waals surface area contributed by atoms with E-state index in [-0.39, 0.29) is 25.0 Å². The molecule has 122 valence electrons. The number of ether oxygens (including phenoxy) is 2. The lowest BCUT2D eigenvalue weighted by Crippen LogP contribution is -2.61. The fraction of sp³-hybridized carbons (Fsp3) is 0.412. The van der Waals surface area contributed by atoms with Gasteiger partial charge in [0.25, 0.3) is 5.91 Å². The van der Waals surface area contributed by atoms with Crippen LogP contribution in [0.3, 0.4) is 0 Å². The lowest BCUT2D eigenvalue weighted by atomic mass is 9.97. The summed E-state index contributed by atoms with van der Waals surface area (Å²) >= 11 is 0. The van der Waals surface area contributed by atoms with Crippen molar-refractivity contribution >= 4 is 11.9 Å². The highest BCUT2D eigenvalue weighted by Gasteiger charge is 2.42. The Morgan fingerprint density at radius 1 is 1.39 bits per heavy atom. The number of rotatable bonds is 4. The molecule has 6 nitrogen and oxygen atoms in total. The van der Waals surface area contributed by atoms with E-state index in [1.54, 1.807) is 12.1 Å². The van der Waals surface area contributed by atoms with Crippen molar-refractivity contribution in [1.82, 2.24) is 10.2 Å². The van der Waals surface area contributed by atoms with E-state index in [0.29, 0.717) is 37.2 Å². The molecule has 1 aromatic carbocycles. The maximum atomic E-state index is 12.2. The molecule has 1 amide bonds. The molecule has 0 atom stereocenters. The van der Waals surface area contributed by atoms with Crippen LogP contribution in [0.25, 0.3) is 0 Å². The summed E-state index contributed by atoms with van der Waals surface area (Å²) in [6.45, 7) is 5.30. The number of benzene rings is 1. The molecule has 1 N–H and O–H groups in total. The van der Waals surface area contributed by atoms with Crippen molar-refractivity contribution in [1.29, 1.82) is 0 Å². The highest BCUT2D eigenvalue weighted by molar-refractivity contribution is 5.98. The quantitative estimate of drug-likeness (QED) is 0.670. The highest BCUT2D eigenvalue weighted by atomic mass is 16.5. The summed E-state index contributed by atoms with van der Waals surface area (Å²) in [6, 6.07) is 7.24. The smallest absolute Gasteiger partial charge is 0.320 e. The number of hydrogen-bond acceptors (Lipinski definition) is 5. The molecule has 1 fully saturated rings. The maximum absolute atomic E-state index is 12.2. The van der Waals surface area contributed by atoms with Gasteiger partial charge in [-0.25, -0.2) is 0 Å². The minimum Gasteiger partial charge on any atom is -0.467 e. The SMILES string of the molecule is C=CCOC(=O)CN1CCC2(CC1)NC(=O)c1ccccc1O2. The molecule has 1 aromatic rings. The lowest BCUT2D eigenvalue weighted by Gasteiger charge is -2.44. The van der Waals surface area contributed by atoms with Crippen LogP contribution in [-0.4, -0.2) is 48.7 Å². The van der Waals surface area contributed by atoms with E-state index in [1.165, 1.54) is 0 Å². The number of likely N-dealkylation sites (tertiary alicyclic amines) is 1. The van der Waals surface area contributed by atoms with Gasteiger partial charge in [0.1, 0.15) is 12.4 Å². The minimum atomic E-state index is -0.674. The molecule has 2 heterocycles. The zero-order valence-corrected chi connectivity index (χ0v) is 12.9. The number of carbonyl (C=O) groups is 2. The van der Waals surface area contributed by atoms with E-state index in [9.17, 15) is 9.59 Å². The summed E-state index contributed by atoms with van der Waals surface area (Å²) in [5.41, 5.74) is -0.110. The fourth-order valence-corrected chi connectivity index (χ4v) is 2.93. The standard InChI is InChI=1S/C17H20N2O4/c1-2-11-22-15(20)12-19-9-7-17(8-10-19)18-16(21)13-5-3-4-6-14(13)23-17/h2-6H,1,7-12H2,(H,18,21).